The lowest BCUT2D eigenvalue weighted by Gasteiger charge is -2.13. The molecule has 1 aromatic rings. The molecular weight excluding hydrogens is 242 g/mol. The standard InChI is InChI=1S/C12H16ClNOS/c1-16(15)8-7-14-12-6-5-9-10(12)3-2-4-11(9)13/h2-4,12,14H,5-8H2,1H3. The van der Waals surface area contributed by atoms with Crippen LogP contribution in [0.1, 0.15) is 23.6 Å². The van der Waals surface area contributed by atoms with Crippen LogP contribution in [0, 0.1) is 0 Å². The van der Waals surface area contributed by atoms with E-state index in [0.717, 1.165) is 24.4 Å². The van der Waals surface area contributed by atoms with Crippen LogP contribution < -0.4 is 5.32 Å². The van der Waals surface area contributed by atoms with Gasteiger partial charge in [-0.25, -0.2) is 0 Å². The van der Waals surface area contributed by atoms with Gasteiger partial charge in [-0.2, -0.15) is 0 Å². The maximum Gasteiger partial charge on any atom is 0.0441 e. The van der Waals surface area contributed by atoms with Crippen LogP contribution in [0.2, 0.25) is 5.02 Å². The fourth-order valence-electron chi connectivity index (χ4n) is 2.20. The van der Waals surface area contributed by atoms with Crippen molar-refractivity contribution in [1.82, 2.24) is 5.32 Å². The van der Waals surface area contributed by atoms with Gasteiger partial charge in [-0.1, -0.05) is 23.7 Å². The van der Waals surface area contributed by atoms with Crippen molar-refractivity contribution in [3.63, 3.8) is 0 Å². The average molecular weight is 258 g/mol. The molecule has 2 atom stereocenters. The molecule has 1 aromatic carbocycles. The minimum atomic E-state index is -0.716. The highest BCUT2D eigenvalue weighted by molar-refractivity contribution is 7.84. The van der Waals surface area contributed by atoms with Crippen LogP contribution >= 0.6 is 11.6 Å². The number of rotatable bonds is 4. The molecule has 2 rings (SSSR count). The predicted octanol–water partition coefficient (Wildman–Crippen LogP) is 2.30. The van der Waals surface area contributed by atoms with Crippen molar-refractivity contribution in [1.29, 1.82) is 0 Å². The van der Waals surface area contributed by atoms with Gasteiger partial charge in [-0.3, -0.25) is 4.21 Å². The summed E-state index contributed by atoms with van der Waals surface area (Å²) in [5, 5.41) is 4.32. The first-order valence-corrected chi connectivity index (χ1v) is 7.59. The Bertz CT molecular complexity index is 408. The van der Waals surface area contributed by atoms with E-state index >= 15 is 0 Å². The Hall–Kier alpha value is -0.380. The zero-order chi connectivity index (χ0) is 11.5. The first kappa shape index (κ1) is 12.1. The lowest BCUT2D eigenvalue weighted by molar-refractivity contribution is 0.549. The monoisotopic (exact) mass is 257 g/mol. The van der Waals surface area contributed by atoms with Crippen molar-refractivity contribution in [2.75, 3.05) is 18.6 Å². The van der Waals surface area contributed by atoms with Gasteiger partial charge in [0.2, 0.25) is 0 Å². The summed E-state index contributed by atoms with van der Waals surface area (Å²) in [6.45, 7) is 0.805. The lowest BCUT2D eigenvalue weighted by atomic mass is 10.1. The quantitative estimate of drug-likeness (QED) is 0.897. The van der Waals surface area contributed by atoms with Crippen molar-refractivity contribution < 1.29 is 4.21 Å². The van der Waals surface area contributed by atoms with Gasteiger partial charge in [-0.15, -0.1) is 0 Å². The summed E-state index contributed by atoms with van der Waals surface area (Å²) in [7, 11) is -0.716. The molecule has 0 saturated heterocycles. The van der Waals surface area contributed by atoms with E-state index < -0.39 is 10.8 Å². The van der Waals surface area contributed by atoms with Crippen molar-refractivity contribution in [2.24, 2.45) is 0 Å². The fourth-order valence-corrected chi connectivity index (χ4v) is 2.88. The highest BCUT2D eigenvalue weighted by atomic mass is 35.5. The Balaban J connectivity index is 2.01. The van der Waals surface area contributed by atoms with Gasteiger partial charge in [-0.05, 0) is 30.0 Å². The molecule has 0 spiro atoms. The maximum absolute atomic E-state index is 11.0. The summed E-state index contributed by atoms with van der Waals surface area (Å²) >= 11 is 6.14. The second-order valence-corrected chi connectivity index (χ2v) is 6.09. The molecule has 2 unspecified atom stereocenters. The molecule has 0 radical (unpaired) electrons. The molecule has 0 aliphatic heterocycles. The molecule has 0 heterocycles. The smallest absolute Gasteiger partial charge is 0.0441 e. The van der Waals surface area contributed by atoms with Crippen molar-refractivity contribution in [3.05, 3.63) is 34.3 Å². The van der Waals surface area contributed by atoms with Crippen LogP contribution in [0.15, 0.2) is 18.2 Å². The first-order chi connectivity index (χ1) is 7.68. The Morgan fingerprint density at radius 2 is 2.38 bits per heavy atom. The number of benzene rings is 1. The van der Waals surface area contributed by atoms with Crippen LogP contribution in [0.25, 0.3) is 0 Å². The minimum Gasteiger partial charge on any atom is -0.309 e. The molecule has 0 aromatic heterocycles. The van der Waals surface area contributed by atoms with Crippen LogP contribution in [0.5, 0.6) is 0 Å². The summed E-state index contributed by atoms with van der Waals surface area (Å²) in [5.74, 6) is 0.715. The third kappa shape index (κ3) is 2.65. The number of nitrogens with one attached hydrogen (secondary N) is 1. The third-order valence-corrected chi connectivity index (χ3v) is 4.13. The van der Waals surface area contributed by atoms with Gasteiger partial charge < -0.3 is 5.32 Å². The molecule has 0 fully saturated rings. The SMILES string of the molecule is CS(=O)CCNC1CCc2c(Cl)cccc21. The normalized spacial score (nSPS) is 20.8. The van der Waals surface area contributed by atoms with Gasteiger partial charge in [0.15, 0.2) is 0 Å². The number of halogens is 1. The Kier molecular flexibility index (Phi) is 4.00. The zero-order valence-electron chi connectivity index (χ0n) is 9.33. The van der Waals surface area contributed by atoms with Gasteiger partial charge >= 0.3 is 0 Å². The molecule has 4 heteroatoms. The molecule has 0 bridgehead atoms. The summed E-state index contributed by atoms with van der Waals surface area (Å²) in [6, 6.07) is 6.47. The number of hydrogen-bond donors (Lipinski definition) is 1. The Morgan fingerprint density at radius 1 is 1.56 bits per heavy atom. The van der Waals surface area contributed by atoms with Gasteiger partial charge in [0.1, 0.15) is 0 Å². The van der Waals surface area contributed by atoms with E-state index in [2.05, 4.69) is 11.4 Å². The van der Waals surface area contributed by atoms with Gasteiger partial charge in [0.25, 0.3) is 0 Å². The molecule has 0 amide bonds. The summed E-state index contributed by atoms with van der Waals surface area (Å²) < 4.78 is 11.0. The van der Waals surface area contributed by atoms with E-state index in [1.807, 2.05) is 12.1 Å². The fraction of sp³-hybridized carbons (Fsp3) is 0.500. The highest BCUT2D eigenvalue weighted by Crippen LogP contribution is 2.35. The van der Waals surface area contributed by atoms with Crippen LogP contribution in [0.3, 0.4) is 0 Å². The number of hydrogen-bond acceptors (Lipinski definition) is 2. The van der Waals surface area contributed by atoms with E-state index in [9.17, 15) is 4.21 Å². The van der Waals surface area contributed by atoms with E-state index in [4.69, 9.17) is 11.6 Å². The maximum atomic E-state index is 11.0. The van der Waals surface area contributed by atoms with Gasteiger partial charge in [0, 0.05) is 40.4 Å². The average Bonchev–Trinajstić information content (AvgIpc) is 2.63. The Morgan fingerprint density at radius 3 is 3.12 bits per heavy atom. The minimum absolute atomic E-state index is 0.386. The first-order valence-electron chi connectivity index (χ1n) is 5.49. The summed E-state index contributed by atoms with van der Waals surface area (Å²) in [6.07, 6.45) is 3.87. The van der Waals surface area contributed by atoms with Crippen LogP contribution in [-0.2, 0) is 17.2 Å². The second kappa shape index (κ2) is 5.30. The molecular formula is C12H16ClNOS. The molecule has 16 heavy (non-hydrogen) atoms. The predicted molar refractivity (Wildman–Crippen MR) is 69.5 cm³/mol. The van der Waals surface area contributed by atoms with E-state index in [1.54, 1.807) is 6.26 Å². The summed E-state index contributed by atoms with van der Waals surface area (Å²) in [5.41, 5.74) is 2.59. The van der Waals surface area contributed by atoms with Crippen molar-refractivity contribution in [2.45, 2.75) is 18.9 Å². The largest absolute Gasteiger partial charge is 0.309 e. The van der Waals surface area contributed by atoms with E-state index in [1.165, 1.54) is 11.1 Å². The molecule has 88 valence electrons. The topological polar surface area (TPSA) is 29.1 Å². The van der Waals surface area contributed by atoms with Gasteiger partial charge in [0.05, 0.1) is 0 Å². The molecule has 0 saturated carbocycles. The Labute approximate surface area is 104 Å². The van der Waals surface area contributed by atoms with E-state index in [0.29, 0.717) is 11.8 Å². The van der Waals surface area contributed by atoms with Crippen molar-refractivity contribution in [3.8, 4) is 0 Å². The highest BCUT2D eigenvalue weighted by Gasteiger charge is 2.23. The van der Waals surface area contributed by atoms with E-state index in [-0.39, 0.29) is 0 Å². The van der Waals surface area contributed by atoms with Crippen LogP contribution in [0.4, 0.5) is 0 Å². The number of fused-ring (bicyclic) bond motifs is 1. The van der Waals surface area contributed by atoms with Crippen LogP contribution in [-0.4, -0.2) is 22.8 Å². The van der Waals surface area contributed by atoms with Crippen molar-refractivity contribution >= 4 is 22.4 Å². The molecule has 2 nitrogen and oxygen atoms in total. The molecule has 1 aliphatic carbocycles. The molecule has 1 N–H and O–H groups in total. The second-order valence-electron chi connectivity index (χ2n) is 4.13. The third-order valence-electron chi connectivity index (χ3n) is 2.99. The summed E-state index contributed by atoms with van der Waals surface area (Å²) in [4.78, 5) is 0. The molecule has 1 aliphatic rings. The zero-order valence-corrected chi connectivity index (χ0v) is 10.9. The lowest BCUT2D eigenvalue weighted by Crippen LogP contribution is -2.24.